The molecule has 1 aliphatic rings. The summed E-state index contributed by atoms with van der Waals surface area (Å²) in [7, 11) is 0. The molecule has 0 amide bonds. The predicted octanol–water partition coefficient (Wildman–Crippen LogP) is 1.10. The van der Waals surface area contributed by atoms with Crippen LogP contribution in [0.4, 0.5) is 17.6 Å². The molecule has 20 heavy (non-hydrogen) atoms. The topological polar surface area (TPSA) is 48.1 Å². The van der Waals surface area contributed by atoms with E-state index in [2.05, 4.69) is 21.3 Å². The number of alkyl halides is 4. The van der Waals surface area contributed by atoms with E-state index in [-0.39, 0.29) is 51.9 Å². The van der Waals surface area contributed by atoms with Gasteiger partial charge in [-0.1, -0.05) is 0 Å². The molecule has 0 saturated carbocycles. The third-order valence-electron chi connectivity index (χ3n) is 3.05. The van der Waals surface area contributed by atoms with E-state index in [0.717, 1.165) is 0 Å². The summed E-state index contributed by atoms with van der Waals surface area (Å²) in [5.41, 5.74) is 0. The number of rotatable bonds is 0. The van der Waals surface area contributed by atoms with E-state index < -0.39 is 25.2 Å². The van der Waals surface area contributed by atoms with E-state index in [1.165, 1.54) is 0 Å². The number of halogens is 4. The van der Waals surface area contributed by atoms with E-state index in [4.69, 9.17) is 0 Å². The Morgan fingerprint density at radius 2 is 0.650 bits per heavy atom. The Kier molecular flexibility index (Phi) is 9.08. The lowest BCUT2D eigenvalue weighted by atomic mass is 10.3. The van der Waals surface area contributed by atoms with Crippen LogP contribution >= 0.6 is 0 Å². The predicted molar refractivity (Wildman–Crippen MR) is 70.1 cm³/mol. The van der Waals surface area contributed by atoms with Gasteiger partial charge in [-0.15, -0.1) is 0 Å². The average Bonchev–Trinajstić information content (AvgIpc) is 2.37. The summed E-state index contributed by atoms with van der Waals surface area (Å²) in [6.07, 6.45) is -4.75. The molecule has 0 spiro atoms. The van der Waals surface area contributed by atoms with Gasteiger partial charge in [0.05, 0.1) is 0 Å². The lowest BCUT2D eigenvalue weighted by Gasteiger charge is -2.17. The van der Waals surface area contributed by atoms with Gasteiger partial charge in [0.15, 0.2) is 25.2 Å². The molecule has 1 fully saturated rings. The second-order valence-corrected chi connectivity index (χ2v) is 4.84. The van der Waals surface area contributed by atoms with Gasteiger partial charge in [-0.3, -0.25) is 21.3 Å². The van der Waals surface area contributed by atoms with Gasteiger partial charge >= 0.3 is 0 Å². The second kappa shape index (κ2) is 10.3. The summed E-state index contributed by atoms with van der Waals surface area (Å²) in [5.74, 6) is 0. The summed E-state index contributed by atoms with van der Waals surface area (Å²) in [4.78, 5) is 0. The highest BCUT2D eigenvalue weighted by molar-refractivity contribution is 4.65. The van der Waals surface area contributed by atoms with Crippen LogP contribution in [0.25, 0.3) is 0 Å². The Balaban J connectivity index is 2.34. The van der Waals surface area contributed by atoms with Crippen molar-refractivity contribution < 1.29 is 17.6 Å². The summed E-state index contributed by atoms with van der Waals surface area (Å²) >= 11 is 0. The molecule has 0 aromatic rings. The molecule has 1 rings (SSSR count). The van der Waals surface area contributed by atoms with Crippen LogP contribution in [0.1, 0.15) is 25.7 Å². The minimum atomic E-state index is -1.29. The minimum absolute atomic E-state index is 0.101. The van der Waals surface area contributed by atoms with Crippen molar-refractivity contribution in [1.29, 1.82) is 0 Å². The molecule has 0 aromatic carbocycles. The number of hydrogen-bond donors (Lipinski definition) is 4. The van der Waals surface area contributed by atoms with Crippen molar-refractivity contribution >= 4 is 0 Å². The molecule has 4 nitrogen and oxygen atoms in total. The fourth-order valence-corrected chi connectivity index (χ4v) is 1.87. The van der Waals surface area contributed by atoms with Crippen molar-refractivity contribution in [2.75, 3.05) is 26.2 Å². The van der Waals surface area contributed by atoms with Crippen LogP contribution in [0.2, 0.25) is 0 Å². The maximum absolute atomic E-state index is 13.3. The first-order chi connectivity index (χ1) is 9.58. The summed E-state index contributed by atoms with van der Waals surface area (Å²) in [6, 6.07) is 0. The first kappa shape index (κ1) is 17.6. The highest BCUT2D eigenvalue weighted by Gasteiger charge is 2.13. The zero-order valence-electron chi connectivity index (χ0n) is 11.5. The molecule has 1 saturated heterocycles. The lowest BCUT2D eigenvalue weighted by molar-refractivity contribution is 0.185. The highest BCUT2D eigenvalue weighted by atomic mass is 19.1. The van der Waals surface area contributed by atoms with Crippen molar-refractivity contribution in [3.05, 3.63) is 0 Å². The van der Waals surface area contributed by atoms with Crippen LogP contribution in [0.15, 0.2) is 0 Å². The Morgan fingerprint density at radius 3 is 0.850 bits per heavy atom. The molecule has 4 atom stereocenters. The average molecular weight is 300 g/mol. The zero-order valence-corrected chi connectivity index (χ0v) is 11.5. The second-order valence-electron chi connectivity index (χ2n) is 4.84. The molecule has 0 aliphatic carbocycles. The zero-order chi connectivity index (χ0) is 14.8. The van der Waals surface area contributed by atoms with E-state index in [0.29, 0.717) is 0 Å². The Labute approximate surface area is 117 Å². The highest BCUT2D eigenvalue weighted by Crippen LogP contribution is 2.01. The van der Waals surface area contributed by atoms with Gasteiger partial charge in [0.25, 0.3) is 0 Å². The fraction of sp³-hybridized carbons (Fsp3) is 1.00. The van der Waals surface area contributed by atoms with Crippen LogP contribution in [0.5, 0.6) is 0 Å². The molecule has 1 heterocycles. The normalized spacial score (nSPS) is 36.6. The Morgan fingerprint density at radius 1 is 0.450 bits per heavy atom. The maximum Gasteiger partial charge on any atom is 0.152 e. The molecular weight excluding hydrogens is 276 g/mol. The summed E-state index contributed by atoms with van der Waals surface area (Å²) < 4.78 is 53.3. The lowest BCUT2D eigenvalue weighted by Crippen LogP contribution is -2.38. The molecule has 0 bridgehead atoms. The van der Waals surface area contributed by atoms with Crippen LogP contribution in [0.3, 0.4) is 0 Å². The molecule has 4 N–H and O–H groups in total. The van der Waals surface area contributed by atoms with Crippen LogP contribution in [-0.4, -0.2) is 51.4 Å². The maximum atomic E-state index is 13.3. The van der Waals surface area contributed by atoms with Gasteiger partial charge in [-0.2, -0.15) is 0 Å². The molecule has 8 heteroatoms. The smallest absolute Gasteiger partial charge is 0.152 e. The minimum Gasteiger partial charge on any atom is -0.288 e. The molecule has 0 aromatic heterocycles. The van der Waals surface area contributed by atoms with Gasteiger partial charge in [0.2, 0.25) is 0 Å². The van der Waals surface area contributed by atoms with Crippen molar-refractivity contribution in [3.63, 3.8) is 0 Å². The number of hydrogen-bond acceptors (Lipinski definition) is 4. The van der Waals surface area contributed by atoms with Gasteiger partial charge in [-0.25, -0.2) is 17.6 Å². The monoisotopic (exact) mass is 300 g/mol. The fourth-order valence-electron chi connectivity index (χ4n) is 1.87. The molecule has 120 valence electrons. The third-order valence-corrected chi connectivity index (χ3v) is 3.05. The Hall–Kier alpha value is -0.440. The molecule has 1 aliphatic heterocycles. The Bertz CT molecular complexity index is 183. The van der Waals surface area contributed by atoms with Crippen LogP contribution in [-0.2, 0) is 0 Å². The van der Waals surface area contributed by atoms with Crippen molar-refractivity contribution in [2.45, 2.75) is 50.9 Å². The standard InChI is InChI=1S/C12H24F4N4/c13-9-1-5-17-10(14)3-7-19-12(16)4-8-20-11(15)2-6-18-9/h9-12,17-20H,1-8H2. The summed E-state index contributed by atoms with van der Waals surface area (Å²) in [5, 5.41) is 10.1. The molecular formula is C12H24F4N4. The molecule has 4 unspecified atom stereocenters. The summed E-state index contributed by atoms with van der Waals surface area (Å²) in [6.45, 7) is 0.689. The van der Waals surface area contributed by atoms with Gasteiger partial charge in [0.1, 0.15) is 0 Å². The first-order valence-corrected chi connectivity index (χ1v) is 7.07. The van der Waals surface area contributed by atoms with E-state index in [1.54, 1.807) is 0 Å². The van der Waals surface area contributed by atoms with E-state index >= 15 is 0 Å². The van der Waals surface area contributed by atoms with Crippen molar-refractivity contribution in [1.82, 2.24) is 21.3 Å². The quantitative estimate of drug-likeness (QED) is 0.400. The number of nitrogens with one attached hydrogen (secondary N) is 4. The van der Waals surface area contributed by atoms with Crippen molar-refractivity contribution in [2.24, 2.45) is 0 Å². The SMILES string of the molecule is FC1CCNC(F)CCNC(F)CCNC(F)CCN1. The molecule has 0 radical (unpaired) electrons. The first-order valence-electron chi connectivity index (χ1n) is 7.07. The largest absolute Gasteiger partial charge is 0.288 e. The van der Waals surface area contributed by atoms with Gasteiger partial charge < -0.3 is 0 Å². The van der Waals surface area contributed by atoms with Gasteiger partial charge in [0, 0.05) is 51.9 Å². The van der Waals surface area contributed by atoms with Crippen LogP contribution < -0.4 is 21.3 Å². The van der Waals surface area contributed by atoms with E-state index in [9.17, 15) is 17.6 Å². The van der Waals surface area contributed by atoms with Crippen molar-refractivity contribution in [3.8, 4) is 0 Å². The third kappa shape index (κ3) is 8.68. The van der Waals surface area contributed by atoms with Gasteiger partial charge in [-0.05, 0) is 0 Å². The van der Waals surface area contributed by atoms with E-state index in [1.807, 2.05) is 0 Å². The van der Waals surface area contributed by atoms with Crippen LogP contribution in [0, 0.1) is 0 Å².